The summed E-state index contributed by atoms with van der Waals surface area (Å²) in [6.07, 6.45) is 4.71. The van der Waals surface area contributed by atoms with Crippen molar-refractivity contribution in [3.63, 3.8) is 0 Å². The van der Waals surface area contributed by atoms with Gasteiger partial charge in [-0.1, -0.05) is 31.4 Å². The highest BCUT2D eigenvalue weighted by atomic mass is 19.3. The summed E-state index contributed by atoms with van der Waals surface area (Å²) in [4.78, 5) is 36.4. The Hall–Kier alpha value is -2.49. The lowest BCUT2D eigenvalue weighted by Gasteiger charge is -2.28. The number of halogens is 2. The highest BCUT2D eigenvalue weighted by Crippen LogP contribution is 2.37. The van der Waals surface area contributed by atoms with E-state index < -0.39 is 49.8 Å². The molecule has 0 saturated heterocycles. The minimum Gasteiger partial charge on any atom is -0.535 e. The van der Waals surface area contributed by atoms with Crippen LogP contribution >= 0.6 is 0 Å². The van der Waals surface area contributed by atoms with Gasteiger partial charge >= 0.3 is 19.1 Å². The first-order chi connectivity index (χ1) is 15.6. The summed E-state index contributed by atoms with van der Waals surface area (Å²) in [5.74, 6) is -5.30. The highest BCUT2D eigenvalue weighted by molar-refractivity contribution is 6.47. The number of hydrogen-bond donors (Lipinski definition) is 1. The second kappa shape index (κ2) is 11.1. The number of para-hydroxylation sites is 1. The zero-order chi connectivity index (χ0) is 24.0. The van der Waals surface area contributed by atoms with Crippen LogP contribution in [0.5, 0.6) is 5.75 Å². The van der Waals surface area contributed by atoms with Crippen LogP contribution in [0.25, 0.3) is 0 Å². The molecule has 1 fully saturated rings. The quantitative estimate of drug-likeness (QED) is 0.332. The summed E-state index contributed by atoms with van der Waals surface area (Å²) in [5, 5.41) is 10.3. The molecule has 0 amide bonds. The Morgan fingerprint density at radius 1 is 1.15 bits per heavy atom. The number of benzene rings is 1. The van der Waals surface area contributed by atoms with Crippen molar-refractivity contribution in [2.24, 2.45) is 5.92 Å². The summed E-state index contributed by atoms with van der Waals surface area (Å²) in [5.41, 5.74) is 0.588. The van der Waals surface area contributed by atoms with Gasteiger partial charge < -0.3 is 19.2 Å². The molecule has 0 aromatic heterocycles. The van der Waals surface area contributed by atoms with Crippen molar-refractivity contribution in [2.45, 2.75) is 76.5 Å². The van der Waals surface area contributed by atoms with Crippen LogP contribution in [-0.2, 0) is 25.5 Å². The Morgan fingerprint density at radius 2 is 1.88 bits per heavy atom. The van der Waals surface area contributed by atoms with Gasteiger partial charge in [-0.2, -0.15) is 0 Å². The summed E-state index contributed by atoms with van der Waals surface area (Å²) in [6, 6.07) is 4.69. The number of ketones is 1. The van der Waals surface area contributed by atoms with Crippen molar-refractivity contribution in [1.82, 2.24) is 0 Å². The van der Waals surface area contributed by atoms with Gasteiger partial charge in [0.05, 0.1) is 6.42 Å². The third-order valence-electron chi connectivity index (χ3n) is 6.03. The molecule has 1 aromatic rings. The molecule has 1 heterocycles. The molecule has 1 aliphatic carbocycles. The summed E-state index contributed by atoms with van der Waals surface area (Å²) < 4.78 is 41.7. The third kappa shape index (κ3) is 7.52. The van der Waals surface area contributed by atoms with Gasteiger partial charge in [-0.3, -0.25) is 9.59 Å². The molecule has 2 aliphatic rings. The van der Waals surface area contributed by atoms with Gasteiger partial charge in [-0.25, -0.2) is 13.6 Å². The van der Waals surface area contributed by atoms with E-state index in [1.165, 1.54) is 12.5 Å². The maximum Gasteiger partial charge on any atom is 0.526 e. The molecule has 33 heavy (non-hydrogen) atoms. The van der Waals surface area contributed by atoms with E-state index in [4.69, 9.17) is 14.1 Å². The van der Waals surface area contributed by atoms with E-state index >= 15 is 0 Å². The van der Waals surface area contributed by atoms with E-state index in [9.17, 15) is 28.2 Å². The molecule has 0 spiro atoms. The molecule has 1 N–H and O–H groups in total. The normalized spacial score (nSPS) is 18.8. The molecule has 10 heteroatoms. The van der Waals surface area contributed by atoms with Gasteiger partial charge in [0.1, 0.15) is 17.1 Å². The maximum absolute atomic E-state index is 13.1. The van der Waals surface area contributed by atoms with E-state index in [1.807, 2.05) is 0 Å². The topological polar surface area (TPSA) is 99.1 Å². The van der Waals surface area contributed by atoms with Crippen molar-refractivity contribution in [2.75, 3.05) is 6.79 Å². The Kier molecular flexibility index (Phi) is 8.45. The lowest BCUT2D eigenvalue weighted by atomic mass is 9.64. The summed E-state index contributed by atoms with van der Waals surface area (Å²) in [6.45, 7) is 0.137. The lowest BCUT2D eigenvalue weighted by Crippen LogP contribution is -2.36. The van der Waals surface area contributed by atoms with E-state index in [-0.39, 0.29) is 24.2 Å². The second-order valence-electron chi connectivity index (χ2n) is 9.03. The molecule has 0 bridgehead atoms. The van der Waals surface area contributed by atoms with Crippen LogP contribution in [0.4, 0.5) is 8.78 Å². The standard InChI is InChI=1S/C23H29BF2O7/c1-23(25,26)13-18(27)12-17-11-16-8-5-9-19(21(16)33-24(17)30)22(29)32-14-31-20(28)10-15-6-3-2-4-7-15/h5,8-9,15,17,30H,2-4,6-7,10-14H2,1H3/t17-/m1/s1. The van der Waals surface area contributed by atoms with Gasteiger partial charge in [-0.05, 0) is 43.7 Å². The Labute approximate surface area is 191 Å². The predicted octanol–water partition coefficient (Wildman–Crippen LogP) is 4.10. The summed E-state index contributed by atoms with van der Waals surface area (Å²) >= 11 is 0. The van der Waals surface area contributed by atoms with E-state index in [0.717, 1.165) is 25.7 Å². The molecule has 3 rings (SSSR count). The monoisotopic (exact) mass is 466 g/mol. The molecule has 1 saturated carbocycles. The van der Waals surface area contributed by atoms with Crippen LogP contribution in [0.3, 0.4) is 0 Å². The SMILES string of the molecule is CC(F)(F)CC(=O)C[C@H]1Cc2cccc(C(=O)OCOC(=O)CC3CCCCC3)c2OB1O. The minimum absolute atomic E-state index is 0.0414. The third-order valence-corrected chi connectivity index (χ3v) is 6.03. The van der Waals surface area contributed by atoms with Crippen LogP contribution in [0.15, 0.2) is 18.2 Å². The van der Waals surface area contributed by atoms with Gasteiger partial charge in [0.25, 0.3) is 5.92 Å². The molecule has 0 radical (unpaired) electrons. The van der Waals surface area contributed by atoms with Crippen LogP contribution < -0.4 is 4.65 Å². The van der Waals surface area contributed by atoms with Gasteiger partial charge in [0.15, 0.2) is 0 Å². The van der Waals surface area contributed by atoms with E-state index in [0.29, 0.717) is 24.8 Å². The fourth-order valence-electron chi connectivity index (χ4n) is 4.44. The van der Waals surface area contributed by atoms with Crippen LogP contribution in [0.1, 0.15) is 74.2 Å². The molecule has 1 atom stereocenters. The average molecular weight is 466 g/mol. The van der Waals surface area contributed by atoms with E-state index in [2.05, 4.69) is 0 Å². The first-order valence-electron chi connectivity index (χ1n) is 11.3. The van der Waals surface area contributed by atoms with Gasteiger partial charge in [0.2, 0.25) is 6.79 Å². The zero-order valence-corrected chi connectivity index (χ0v) is 18.7. The van der Waals surface area contributed by atoms with E-state index in [1.54, 1.807) is 12.1 Å². The lowest BCUT2D eigenvalue weighted by molar-refractivity contribution is -0.153. The number of ether oxygens (including phenoxy) is 2. The number of Topliss-reactive ketones (excluding diaryl/α,β-unsaturated/α-hetero) is 1. The van der Waals surface area contributed by atoms with Crippen molar-refractivity contribution in [1.29, 1.82) is 0 Å². The fraction of sp³-hybridized carbons (Fsp3) is 0.609. The molecular formula is C23H29BF2O7. The van der Waals surface area contributed by atoms with Crippen LogP contribution in [-0.4, -0.2) is 42.6 Å². The maximum atomic E-state index is 13.1. The first-order valence-corrected chi connectivity index (χ1v) is 11.3. The fourth-order valence-corrected chi connectivity index (χ4v) is 4.44. The Bertz CT molecular complexity index is 865. The average Bonchev–Trinajstić information content (AvgIpc) is 2.73. The van der Waals surface area contributed by atoms with Crippen molar-refractivity contribution in [3.8, 4) is 5.75 Å². The number of rotatable bonds is 9. The molecule has 7 nitrogen and oxygen atoms in total. The highest BCUT2D eigenvalue weighted by Gasteiger charge is 2.39. The van der Waals surface area contributed by atoms with Crippen molar-refractivity contribution in [3.05, 3.63) is 29.3 Å². The minimum atomic E-state index is -3.12. The molecule has 1 aliphatic heterocycles. The number of carbonyl (C=O) groups excluding carboxylic acids is 3. The number of carbonyl (C=O) groups is 3. The first kappa shape index (κ1) is 25.1. The second-order valence-corrected chi connectivity index (χ2v) is 9.03. The molecule has 1 aromatic carbocycles. The molecular weight excluding hydrogens is 437 g/mol. The van der Waals surface area contributed by atoms with Gasteiger partial charge in [-0.15, -0.1) is 0 Å². The van der Waals surface area contributed by atoms with Gasteiger partial charge in [0, 0.05) is 18.7 Å². The number of esters is 2. The number of alkyl halides is 2. The van der Waals surface area contributed by atoms with Crippen molar-refractivity contribution < 1.29 is 42.3 Å². The zero-order valence-electron chi connectivity index (χ0n) is 18.7. The number of hydrogen-bond acceptors (Lipinski definition) is 7. The predicted molar refractivity (Wildman–Crippen MR) is 115 cm³/mol. The Balaban J connectivity index is 1.54. The molecule has 180 valence electrons. The van der Waals surface area contributed by atoms with Crippen molar-refractivity contribution >= 4 is 24.8 Å². The summed E-state index contributed by atoms with van der Waals surface area (Å²) in [7, 11) is -1.44. The van der Waals surface area contributed by atoms with Crippen LogP contribution in [0.2, 0.25) is 5.82 Å². The molecule has 0 unspecified atom stereocenters. The number of fused-ring (bicyclic) bond motifs is 1. The largest absolute Gasteiger partial charge is 0.535 e. The smallest absolute Gasteiger partial charge is 0.526 e. The Morgan fingerprint density at radius 3 is 2.58 bits per heavy atom. The van der Waals surface area contributed by atoms with Crippen LogP contribution in [0, 0.1) is 5.92 Å².